The Hall–Kier alpha value is -1.72. The maximum Gasteiger partial charge on any atom is 0.224 e. The molecule has 2 aromatic rings. The molecule has 0 aliphatic carbocycles. The van der Waals surface area contributed by atoms with Crippen LogP contribution in [0, 0.1) is 0 Å². The molecule has 1 aromatic carbocycles. The Morgan fingerprint density at radius 2 is 2.00 bits per heavy atom. The number of ether oxygens (including phenoxy) is 1. The van der Waals surface area contributed by atoms with Crippen molar-refractivity contribution in [3.05, 3.63) is 34.7 Å². The molecule has 0 fully saturated rings. The molecule has 1 heterocycles. The minimum absolute atomic E-state index is 0.126. The summed E-state index contributed by atoms with van der Waals surface area (Å²) in [6.45, 7) is 0. The lowest BCUT2D eigenvalue weighted by Crippen LogP contribution is -2.09. The molecule has 1 aromatic heterocycles. The summed E-state index contributed by atoms with van der Waals surface area (Å²) in [6.07, 6.45) is 1.44. The largest absolute Gasteiger partial charge is 0.494 e. The maximum atomic E-state index is 6.03. The average molecular weight is 313 g/mol. The van der Waals surface area contributed by atoms with Gasteiger partial charge in [-0.25, -0.2) is 4.98 Å². The highest BCUT2D eigenvalue weighted by Crippen LogP contribution is 2.33. The second-order valence-electron chi connectivity index (χ2n) is 4.24. The van der Waals surface area contributed by atoms with Crippen molar-refractivity contribution in [2.24, 2.45) is 0 Å². The Labute approximate surface area is 127 Å². The molecule has 106 valence electrons. The van der Waals surface area contributed by atoms with E-state index in [2.05, 4.69) is 15.3 Å². The fourth-order valence-electron chi connectivity index (χ4n) is 1.62. The lowest BCUT2D eigenvalue weighted by Gasteiger charge is -2.17. The second-order valence-corrected chi connectivity index (χ2v) is 4.98. The van der Waals surface area contributed by atoms with E-state index < -0.39 is 0 Å². The van der Waals surface area contributed by atoms with Crippen LogP contribution in [0.15, 0.2) is 24.4 Å². The summed E-state index contributed by atoms with van der Waals surface area (Å²) in [7, 11) is 5.53. The van der Waals surface area contributed by atoms with Crippen molar-refractivity contribution in [2.45, 2.75) is 0 Å². The van der Waals surface area contributed by atoms with Gasteiger partial charge in [-0.3, -0.25) is 0 Å². The number of aromatic nitrogens is 2. The minimum Gasteiger partial charge on any atom is -0.494 e. The van der Waals surface area contributed by atoms with Crippen LogP contribution in [-0.4, -0.2) is 31.2 Å². The van der Waals surface area contributed by atoms with Gasteiger partial charge in [-0.2, -0.15) is 4.98 Å². The lowest BCUT2D eigenvalue weighted by molar-refractivity contribution is 0.417. The predicted octanol–water partition coefficient (Wildman–Crippen LogP) is 3.60. The standard InChI is InChI=1S/C13H14Cl2N4O/c1-19(2)8-4-5-10(11(6-8)20-3)17-12-9(14)7-16-13(15)18-12/h4-7H,1-3H3,(H,16,17,18). The van der Waals surface area contributed by atoms with Crippen molar-refractivity contribution >= 4 is 40.4 Å². The van der Waals surface area contributed by atoms with Crippen LogP contribution in [0.5, 0.6) is 5.75 Å². The molecule has 7 heteroatoms. The number of benzene rings is 1. The van der Waals surface area contributed by atoms with E-state index in [-0.39, 0.29) is 5.28 Å². The third-order valence-electron chi connectivity index (χ3n) is 2.67. The predicted molar refractivity (Wildman–Crippen MR) is 82.7 cm³/mol. The minimum atomic E-state index is 0.126. The molecule has 0 atom stereocenters. The lowest BCUT2D eigenvalue weighted by atomic mass is 10.2. The van der Waals surface area contributed by atoms with Crippen LogP contribution in [0.3, 0.4) is 0 Å². The first-order chi connectivity index (χ1) is 9.51. The molecule has 0 saturated heterocycles. The first kappa shape index (κ1) is 14.7. The highest BCUT2D eigenvalue weighted by atomic mass is 35.5. The van der Waals surface area contributed by atoms with E-state index in [0.717, 1.165) is 11.4 Å². The van der Waals surface area contributed by atoms with Crippen LogP contribution < -0.4 is 15.0 Å². The Morgan fingerprint density at radius 1 is 1.25 bits per heavy atom. The first-order valence-corrected chi connectivity index (χ1v) is 6.57. The highest BCUT2D eigenvalue weighted by molar-refractivity contribution is 6.33. The number of anilines is 3. The van der Waals surface area contributed by atoms with Gasteiger partial charge in [-0.1, -0.05) is 11.6 Å². The number of methoxy groups -OCH3 is 1. The van der Waals surface area contributed by atoms with Crippen LogP contribution in [0.2, 0.25) is 10.3 Å². The van der Waals surface area contributed by atoms with E-state index in [1.165, 1.54) is 6.20 Å². The van der Waals surface area contributed by atoms with E-state index in [1.54, 1.807) is 7.11 Å². The average Bonchev–Trinajstić information content (AvgIpc) is 2.43. The molecular weight excluding hydrogens is 299 g/mol. The van der Waals surface area contributed by atoms with Gasteiger partial charge in [0.2, 0.25) is 5.28 Å². The fourth-order valence-corrected chi connectivity index (χ4v) is 1.89. The molecule has 20 heavy (non-hydrogen) atoms. The zero-order valence-electron chi connectivity index (χ0n) is 11.3. The van der Waals surface area contributed by atoms with Crippen molar-refractivity contribution in [1.29, 1.82) is 0 Å². The van der Waals surface area contributed by atoms with Crippen LogP contribution in [0.25, 0.3) is 0 Å². The molecule has 0 saturated carbocycles. The highest BCUT2D eigenvalue weighted by Gasteiger charge is 2.10. The van der Waals surface area contributed by atoms with Gasteiger partial charge in [0.25, 0.3) is 0 Å². The van der Waals surface area contributed by atoms with Crippen molar-refractivity contribution in [3.8, 4) is 5.75 Å². The summed E-state index contributed by atoms with van der Waals surface area (Å²) < 4.78 is 5.37. The Morgan fingerprint density at radius 3 is 2.65 bits per heavy atom. The third kappa shape index (κ3) is 3.23. The fraction of sp³-hybridized carbons (Fsp3) is 0.231. The molecule has 1 N–H and O–H groups in total. The Balaban J connectivity index is 2.35. The molecule has 0 bridgehead atoms. The van der Waals surface area contributed by atoms with Gasteiger partial charge in [0.15, 0.2) is 5.82 Å². The summed E-state index contributed by atoms with van der Waals surface area (Å²) in [6, 6.07) is 5.76. The smallest absolute Gasteiger partial charge is 0.224 e. The van der Waals surface area contributed by atoms with E-state index >= 15 is 0 Å². The summed E-state index contributed by atoms with van der Waals surface area (Å²) in [5.74, 6) is 1.12. The Kier molecular flexibility index (Phi) is 4.52. The summed E-state index contributed by atoms with van der Waals surface area (Å²) in [5.41, 5.74) is 1.77. The van der Waals surface area contributed by atoms with Crippen molar-refractivity contribution < 1.29 is 4.74 Å². The second kappa shape index (κ2) is 6.15. The SMILES string of the molecule is COc1cc(N(C)C)ccc1Nc1nc(Cl)ncc1Cl. The molecule has 0 aliphatic heterocycles. The molecule has 0 aliphatic rings. The Bertz CT molecular complexity index is 619. The van der Waals surface area contributed by atoms with Gasteiger partial charge in [-0.15, -0.1) is 0 Å². The number of hydrogen-bond donors (Lipinski definition) is 1. The van der Waals surface area contributed by atoms with Gasteiger partial charge >= 0.3 is 0 Å². The maximum absolute atomic E-state index is 6.03. The van der Waals surface area contributed by atoms with Crippen molar-refractivity contribution in [2.75, 3.05) is 31.4 Å². The number of halogens is 2. The van der Waals surface area contributed by atoms with Gasteiger partial charge in [-0.05, 0) is 23.7 Å². The zero-order valence-corrected chi connectivity index (χ0v) is 12.8. The molecule has 2 rings (SSSR count). The zero-order chi connectivity index (χ0) is 14.7. The van der Waals surface area contributed by atoms with Gasteiger partial charge < -0.3 is 15.0 Å². The van der Waals surface area contributed by atoms with Gasteiger partial charge in [0.1, 0.15) is 10.8 Å². The van der Waals surface area contributed by atoms with Crippen LogP contribution >= 0.6 is 23.2 Å². The molecule has 0 amide bonds. The number of rotatable bonds is 4. The third-order valence-corrected chi connectivity index (χ3v) is 3.13. The quantitative estimate of drug-likeness (QED) is 0.874. The van der Waals surface area contributed by atoms with Crippen molar-refractivity contribution in [1.82, 2.24) is 9.97 Å². The number of hydrogen-bond acceptors (Lipinski definition) is 5. The first-order valence-electron chi connectivity index (χ1n) is 5.81. The van der Waals surface area contributed by atoms with E-state index in [1.807, 2.05) is 37.2 Å². The van der Waals surface area contributed by atoms with E-state index in [0.29, 0.717) is 16.6 Å². The molecule has 0 spiro atoms. The molecule has 0 unspecified atom stereocenters. The summed E-state index contributed by atoms with van der Waals surface area (Å²) in [5, 5.41) is 3.60. The molecule has 5 nitrogen and oxygen atoms in total. The normalized spacial score (nSPS) is 10.2. The van der Waals surface area contributed by atoms with Gasteiger partial charge in [0.05, 0.1) is 19.0 Å². The topological polar surface area (TPSA) is 50.3 Å². The van der Waals surface area contributed by atoms with Crippen LogP contribution in [-0.2, 0) is 0 Å². The summed E-state index contributed by atoms with van der Waals surface area (Å²) >= 11 is 11.8. The molecular formula is C13H14Cl2N4O. The summed E-state index contributed by atoms with van der Waals surface area (Å²) in [4.78, 5) is 9.84. The van der Waals surface area contributed by atoms with E-state index in [4.69, 9.17) is 27.9 Å². The van der Waals surface area contributed by atoms with Crippen molar-refractivity contribution in [3.63, 3.8) is 0 Å². The van der Waals surface area contributed by atoms with Crippen LogP contribution in [0.1, 0.15) is 0 Å². The van der Waals surface area contributed by atoms with Crippen LogP contribution in [0.4, 0.5) is 17.2 Å². The molecule has 0 radical (unpaired) electrons. The monoisotopic (exact) mass is 312 g/mol. The van der Waals surface area contributed by atoms with E-state index in [9.17, 15) is 0 Å². The number of nitrogens with one attached hydrogen (secondary N) is 1. The number of nitrogens with zero attached hydrogens (tertiary/aromatic N) is 3. The van der Waals surface area contributed by atoms with Gasteiger partial charge in [0, 0.05) is 25.8 Å².